The van der Waals surface area contributed by atoms with Crippen LogP contribution in [0.1, 0.15) is 15.9 Å². The Hall–Kier alpha value is -2.91. The summed E-state index contributed by atoms with van der Waals surface area (Å²) < 4.78 is 1.58. The molecule has 0 amide bonds. The van der Waals surface area contributed by atoms with Gasteiger partial charge < -0.3 is 5.11 Å². The zero-order chi connectivity index (χ0) is 14.8. The van der Waals surface area contributed by atoms with E-state index in [1.807, 2.05) is 17.5 Å². The lowest BCUT2D eigenvalue weighted by Gasteiger charge is -2.01. The van der Waals surface area contributed by atoms with Crippen LogP contribution in [0, 0.1) is 11.3 Å². The fourth-order valence-electron chi connectivity index (χ4n) is 1.94. The maximum absolute atomic E-state index is 10.8. The van der Waals surface area contributed by atoms with Crippen LogP contribution >= 0.6 is 11.3 Å². The van der Waals surface area contributed by atoms with Gasteiger partial charge >= 0.3 is 5.97 Å². The first kappa shape index (κ1) is 13.1. The van der Waals surface area contributed by atoms with Crippen molar-refractivity contribution in [3.63, 3.8) is 0 Å². The molecule has 0 atom stereocenters. The summed E-state index contributed by atoms with van der Waals surface area (Å²) in [6.07, 6.45) is 1.64. The lowest BCUT2D eigenvalue weighted by Crippen LogP contribution is -1.98. The summed E-state index contributed by atoms with van der Waals surface area (Å²) in [6, 6.07) is 12.3. The van der Waals surface area contributed by atoms with Gasteiger partial charge in [0.25, 0.3) is 0 Å². The highest BCUT2D eigenvalue weighted by molar-refractivity contribution is 7.13. The van der Waals surface area contributed by atoms with E-state index in [1.54, 1.807) is 23.0 Å². The van der Waals surface area contributed by atoms with Crippen molar-refractivity contribution in [2.75, 3.05) is 0 Å². The Bertz CT molecular complexity index is 827. The van der Waals surface area contributed by atoms with Gasteiger partial charge in [-0.1, -0.05) is 6.07 Å². The van der Waals surface area contributed by atoms with Gasteiger partial charge in [-0.15, -0.1) is 11.3 Å². The second-order valence-corrected chi connectivity index (χ2v) is 5.22. The van der Waals surface area contributed by atoms with Crippen molar-refractivity contribution in [1.29, 1.82) is 5.26 Å². The molecule has 3 aromatic rings. The van der Waals surface area contributed by atoms with Gasteiger partial charge in [0.15, 0.2) is 0 Å². The van der Waals surface area contributed by atoms with E-state index in [0.29, 0.717) is 16.9 Å². The Balaban J connectivity index is 2.04. The number of thiophene rings is 1. The molecule has 2 aromatic heterocycles. The van der Waals surface area contributed by atoms with Crippen molar-refractivity contribution in [3.05, 3.63) is 59.1 Å². The van der Waals surface area contributed by atoms with Crippen LogP contribution in [0.4, 0.5) is 0 Å². The highest BCUT2D eigenvalue weighted by atomic mass is 32.1. The molecule has 0 saturated heterocycles. The number of carbonyl (C=O) groups is 1. The third-order valence-electron chi connectivity index (χ3n) is 2.97. The van der Waals surface area contributed by atoms with Crippen LogP contribution < -0.4 is 0 Å². The molecule has 5 nitrogen and oxygen atoms in total. The van der Waals surface area contributed by atoms with E-state index in [2.05, 4.69) is 11.2 Å². The molecule has 0 spiro atoms. The highest BCUT2D eigenvalue weighted by Crippen LogP contribution is 2.27. The van der Waals surface area contributed by atoms with Crippen molar-refractivity contribution in [1.82, 2.24) is 9.78 Å². The van der Waals surface area contributed by atoms with Gasteiger partial charge in [-0.2, -0.15) is 10.4 Å². The van der Waals surface area contributed by atoms with Crippen molar-refractivity contribution < 1.29 is 9.90 Å². The first-order valence-electron chi connectivity index (χ1n) is 6.06. The number of carboxylic acid groups (broad SMARTS) is 1. The maximum Gasteiger partial charge on any atom is 0.335 e. The molecule has 1 N–H and O–H groups in total. The van der Waals surface area contributed by atoms with Crippen molar-refractivity contribution in [2.24, 2.45) is 0 Å². The number of nitriles is 1. The smallest absolute Gasteiger partial charge is 0.335 e. The SMILES string of the molecule is N#Cc1cn(-c2ccc(C(=O)O)cc2)nc1-c1cccs1. The second-order valence-electron chi connectivity index (χ2n) is 4.28. The number of nitrogens with zero attached hydrogens (tertiary/aromatic N) is 3. The standard InChI is InChI=1S/C15H9N3O2S/c16-8-11-9-18(17-14(11)13-2-1-7-21-13)12-5-3-10(4-6-12)15(19)20/h1-7,9H,(H,19,20). The van der Waals surface area contributed by atoms with Crippen LogP contribution in [0.2, 0.25) is 0 Å². The Morgan fingerprint density at radius 1 is 1.29 bits per heavy atom. The fraction of sp³-hybridized carbons (Fsp3) is 0. The number of hydrogen-bond acceptors (Lipinski definition) is 4. The monoisotopic (exact) mass is 295 g/mol. The van der Waals surface area contributed by atoms with Gasteiger partial charge in [0.2, 0.25) is 0 Å². The minimum atomic E-state index is -0.973. The number of hydrogen-bond donors (Lipinski definition) is 1. The summed E-state index contributed by atoms with van der Waals surface area (Å²) in [5.41, 5.74) is 2.04. The number of aromatic nitrogens is 2. The Morgan fingerprint density at radius 2 is 2.05 bits per heavy atom. The van der Waals surface area contributed by atoms with E-state index in [0.717, 1.165) is 4.88 Å². The third kappa shape index (κ3) is 2.42. The molecule has 0 unspecified atom stereocenters. The molecule has 0 saturated carbocycles. The number of aromatic carboxylic acids is 1. The van der Waals surface area contributed by atoms with E-state index in [9.17, 15) is 10.1 Å². The van der Waals surface area contributed by atoms with Gasteiger partial charge in [-0.25, -0.2) is 9.48 Å². The summed E-state index contributed by atoms with van der Waals surface area (Å²) >= 11 is 1.52. The molecule has 1 aromatic carbocycles. The van der Waals surface area contributed by atoms with Crippen molar-refractivity contribution in [2.45, 2.75) is 0 Å². The largest absolute Gasteiger partial charge is 0.478 e. The van der Waals surface area contributed by atoms with Crippen LogP contribution in [0.3, 0.4) is 0 Å². The summed E-state index contributed by atoms with van der Waals surface area (Å²) in [5.74, 6) is -0.973. The molecule has 3 rings (SSSR count). The lowest BCUT2D eigenvalue weighted by molar-refractivity contribution is 0.0697. The third-order valence-corrected chi connectivity index (χ3v) is 3.84. The van der Waals surface area contributed by atoms with Crippen LogP contribution in [-0.4, -0.2) is 20.9 Å². The summed E-state index contributed by atoms with van der Waals surface area (Å²) in [7, 11) is 0. The van der Waals surface area contributed by atoms with Gasteiger partial charge in [-0.05, 0) is 35.7 Å². The number of rotatable bonds is 3. The second kappa shape index (κ2) is 5.23. The molecule has 0 radical (unpaired) electrons. The van der Waals surface area contributed by atoms with Crippen molar-refractivity contribution in [3.8, 4) is 22.3 Å². The Labute approximate surface area is 124 Å². The summed E-state index contributed by atoms with van der Waals surface area (Å²) in [5, 5.41) is 24.5. The molecule has 0 aliphatic heterocycles. The predicted octanol–water partition coefficient (Wildman–Crippen LogP) is 3.17. The summed E-state index contributed by atoms with van der Waals surface area (Å²) in [4.78, 5) is 11.8. The zero-order valence-electron chi connectivity index (χ0n) is 10.7. The average Bonchev–Trinajstić information content (AvgIpc) is 3.16. The van der Waals surface area contributed by atoms with Gasteiger partial charge in [-0.3, -0.25) is 0 Å². The minimum Gasteiger partial charge on any atom is -0.478 e. The first-order valence-corrected chi connectivity index (χ1v) is 6.94. The van der Waals surface area contributed by atoms with E-state index >= 15 is 0 Å². The fourth-order valence-corrected chi connectivity index (χ4v) is 2.66. The molecule has 0 bridgehead atoms. The van der Waals surface area contributed by atoms with Crippen LogP contribution in [-0.2, 0) is 0 Å². The van der Waals surface area contributed by atoms with Gasteiger partial charge in [0, 0.05) is 6.20 Å². The molecule has 2 heterocycles. The summed E-state index contributed by atoms with van der Waals surface area (Å²) in [6.45, 7) is 0. The first-order chi connectivity index (χ1) is 10.2. The lowest BCUT2D eigenvalue weighted by atomic mass is 10.2. The Kier molecular flexibility index (Phi) is 3.26. The molecular weight excluding hydrogens is 286 g/mol. The van der Waals surface area contributed by atoms with E-state index in [1.165, 1.54) is 23.5 Å². The van der Waals surface area contributed by atoms with E-state index < -0.39 is 5.97 Å². The molecule has 0 aliphatic carbocycles. The van der Waals surface area contributed by atoms with Crippen LogP contribution in [0.5, 0.6) is 0 Å². The minimum absolute atomic E-state index is 0.213. The molecular formula is C15H9N3O2S. The Morgan fingerprint density at radius 3 is 2.62 bits per heavy atom. The quantitative estimate of drug-likeness (QED) is 0.805. The van der Waals surface area contributed by atoms with Gasteiger partial charge in [0.05, 0.1) is 21.7 Å². The molecule has 0 fully saturated rings. The van der Waals surface area contributed by atoms with Crippen LogP contribution in [0.25, 0.3) is 16.3 Å². The van der Waals surface area contributed by atoms with Crippen LogP contribution in [0.15, 0.2) is 48.0 Å². The van der Waals surface area contributed by atoms with E-state index in [4.69, 9.17) is 5.11 Å². The van der Waals surface area contributed by atoms with Crippen molar-refractivity contribution >= 4 is 17.3 Å². The molecule has 0 aliphatic rings. The average molecular weight is 295 g/mol. The maximum atomic E-state index is 10.8. The van der Waals surface area contributed by atoms with Gasteiger partial charge in [0.1, 0.15) is 11.8 Å². The molecule has 102 valence electrons. The topological polar surface area (TPSA) is 78.9 Å². The zero-order valence-corrected chi connectivity index (χ0v) is 11.5. The van der Waals surface area contributed by atoms with E-state index in [-0.39, 0.29) is 5.56 Å². The molecule has 21 heavy (non-hydrogen) atoms. The highest BCUT2D eigenvalue weighted by Gasteiger charge is 2.13. The number of carboxylic acids is 1. The predicted molar refractivity (Wildman–Crippen MR) is 78.6 cm³/mol. The normalized spacial score (nSPS) is 10.2. The number of benzene rings is 1. The molecule has 6 heteroatoms.